The molecule has 1 amide bonds. The summed E-state index contributed by atoms with van der Waals surface area (Å²) in [6.45, 7) is 1.59. The van der Waals surface area contributed by atoms with Crippen LogP contribution in [0, 0.1) is 0 Å². The number of hydrogen-bond acceptors (Lipinski definition) is 18. The van der Waals surface area contributed by atoms with E-state index in [1.165, 1.54) is 83.5 Å². The van der Waals surface area contributed by atoms with E-state index in [-0.39, 0.29) is 18.9 Å². The van der Waals surface area contributed by atoms with Crippen molar-refractivity contribution in [2.45, 2.75) is 266 Å². The fraction of sp³-hybridized carbons (Fsp3) is 0.939. The van der Waals surface area contributed by atoms with Gasteiger partial charge in [0.05, 0.1) is 38.6 Å². The minimum Gasteiger partial charge on any atom is -0.394 e. The van der Waals surface area contributed by atoms with Gasteiger partial charge in [-0.05, 0) is 19.3 Å². The lowest BCUT2D eigenvalue weighted by atomic mass is 9.96. The van der Waals surface area contributed by atoms with Crippen molar-refractivity contribution in [2.75, 3.05) is 26.4 Å². The van der Waals surface area contributed by atoms with Gasteiger partial charge in [-0.1, -0.05) is 148 Å². The molecule has 12 N–H and O–H groups in total. The zero-order valence-electron chi connectivity index (χ0n) is 40.8. The summed E-state index contributed by atoms with van der Waals surface area (Å²) in [5.74, 6) is -0.289. The van der Waals surface area contributed by atoms with Crippen molar-refractivity contribution in [3.8, 4) is 0 Å². The second-order valence-corrected chi connectivity index (χ2v) is 19.0. The van der Waals surface area contributed by atoms with E-state index in [4.69, 9.17) is 28.4 Å². The normalized spacial score (nSPS) is 33.2. The van der Waals surface area contributed by atoms with Gasteiger partial charge in [0, 0.05) is 6.42 Å². The second-order valence-electron chi connectivity index (χ2n) is 19.0. The Morgan fingerprint density at radius 2 is 0.912 bits per heavy atom. The van der Waals surface area contributed by atoms with Gasteiger partial charge in [0.2, 0.25) is 5.91 Å². The van der Waals surface area contributed by atoms with Crippen molar-refractivity contribution < 1.29 is 89.4 Å². The highest BCUT2D eigenvalue weighted by atomic mass is 16.8. The van der Waals surface area contributed by atoms with E-state index < -0.39 is 124 Å². The maximum atomic E-state index is 13.0. The van der Waals surface area contributed by atoms with Crippen molar-refractivity contribution in [1.82, 2.24) is 5.32 Å². The Hall–Kier alpha value is -1.47. The van der Waals surface area contributed by atoms with Crippen LogP contribution in [0.1, 0.15) is 162 Å². The predicted octanol–water partition coefficient (Wildman–Crippen LogP) is 1.87. The molecule has 17 atom stereocenters. The van der Waals surface area contributed by atoms with E-state index in [2.05, 4.69) is 19.2 Å². The summed E-state index contributed by atoms with van der Waals surface area (Å²) in [4.78, 5) is 13.0. The molecule has 0 spiro atoms. The van der Waals surface area contributed by atoms with Crippen molar-refractivity contribution in [2.24, 2.45) is 0 Å². The Kier molecular flexibility index (Phi) is 31.1. The van der Waals surface area contributed by atoms with Gasteiger partial charge in [0.1, 0.15) is 73.2 Å². The average Bonchev–Trinajstić information content (AvgIpc) is 3.33. The quantitative estimate of drug-likeness (QED) is 0.0315. The van der Waals surface area contributed by atoms with E-state index in [0.29, 0.717) is 6.42 Å². The third kappa shape index (κ3) is 20.6. The summed E-state index contributed by atoms with van der Waals surface area (Å²) in [5.41, 5.74) is 0. The van der Waals surface area contributed by atoms with Gasteiger partial charge in [-0.15, -0.1) is 0 Å². The van der Waals surface area contributed by atoms with Crippen LogP contribution in [0.4, 0.5) is 0 Å². The number of rotatable bonds is 36. The third-order valence-electron chi connectivity index (χ3n) is 13.3. The Labute approximate surface area is 404 Å². The van der Waals surface area contributed by atoms with Crippen LogP contribution < -0.4 is 5.32 Å². The molecule has 3 aliphatic rings. The molecule has 3 heterocycles. The first kappa shape index (κ1) is 60.8. The van der Waals surface area contributed by atoms with Crippen LogP contribution in [0.25, 0.3) is 0 Å². The van der Waals surface area contributed by atoms with Crippen LogP contribution in [-0.4, -0.2) is 193 Å². The Morgan fingerprint density at radius 1 is 0.515 bits per heavy atom. The number of carbonyl (C=O) groups excluding carboxylic acids is 1. The van der Waals surface area contributed by atoms with Crippen LogP contribution in [0.15, 0.2) is 12.2 Å². The highest BCUT2D eigenvalue weighted by Gasteiger charge is 2.53. The summed E-state index contributed by atoms with van der Waals surface area (Å²) < 4.78 is 34.0. The Balaban J connectivity index is 1.51. The van der Waals surface area contributed by atoms with Gasteiger partial charge in [0.15, 0.2) is 18.9 Å². The number of aliphatic hydroxyl groups excluding tert-OH is 11. The van der Waals surface area contributed by atoms with Gasteiger partial charge < -0.3 is 89.9 Å². The van der Waals surface area contributed by atoms with Gasteiger partial charge >= 0.3 is 0 Å². The minimum absolute atomic E-state index is 0.240. The van der Waals surface area contributed by atoms with Crippen LogP contribution in [0.2, 0.25) is 0 Å². The van der Waals surface area contributed by atoms with E-state index in [9.17, 15) is 61.0 Å². The number of carbonyl (C=O) groups is 1. The summed E-state index contributed by atoms with van der Waals surface area (Å²) in [6.07, 6.45) is 2.78. The summed E-state index contributed by atoms with van der Waals surface area (Å²) in [6, 6.07) is -0.962. The highest BCUT2D eigenvalue weighted by molar-refractivity contribution is 5.76. The molecule has 0 aliphatic carbocycles. The number of aliphatic hydroxyl groups is 11. The molecule has 3 rings (SSSR count). The summed E-state index contributed by atoms with van der Waals surface area (Å²) in [5, 5.41) is 119. The lowest BCUT2D eigenvalue weighted by Crippen LogP contribution is -2.66. The number of ether oxygens (including phenoxy) is 6. The van der Waals surface area contributed by atoms with Gasteiger partial charge in [-0.3, -0.25) is 4.79 Å². The fourth-order valence-corrected chi connectivity index (χ4v) is 8.95. The molecule has 0 aromatic rings. The van der Waals surface area contributed by atoms with E-state index >= 15 is 0 Å². The van der Waals surface area contributed by atoms with Crippen molar-refractivity contribution in [3.05, 3.63) is 12.2 Å². The molecule has 17 unspecified atom stereocenters. The molecule has 0 bridgehead atoms. The molecule has 0 aromatic heterocycles. The third-order valence-corrected chi connectivity index (χ3v) is 13.3. The molecule has 0 aromatic carbocycles. The fourth-order valence-electron chi connectivity index (χ4n) is 8.95. The first-order valence-corrected chi connectivity index (χ1v) is 25.9. The number of allylic oxidation sites excluding steroid dienone is 1. The molecule has 19 heteroatoms. The maximum absolute atomic E-state index is 13.0. The predicted molar refractivity (Wildman–Crippen MR) is 250 cm³/mol. The zero-order valence-corrected chi connectivity index (χ0v) is 40.8. The molecule has 3 fully saturated rings. The van der Waals surface area contributed by atoms with Gasteiger partial charge in [0.25, 0.3) is 0 Å². The summed E-state index contributed by atoms with van der Waals surface area (Å²) >= 11 is 0. The number of hydrogen-bond donors (Lipinski definition) is 12. The smallest absolute Gasteiger partial charge is 0.220 e. The Bertz CT molecular complexity index is 1310. The van der Waals surface area contributed by atoms with Crippen molar-refractivity contribution in [1.29, 1.82) is 0 Å². The Morgan fingerprint density at radius 3 is 1.38 bits per heavy atom. The van der Waals surface area contributed by atoms with Crippen LogP contribution >= 0.6 is 0 Å². The van der Waals surface area contributed by atoms with E-state index in [1.807, 2.05) is 6.08 Å². The van der Waals surface area contributed by atoms with E-state index in [0.717, 1.165) is 51.4 Å². The number of unbranched alkanes of at least 4 members (excludes halogenated alkanes) is 20. The first-order valence-electron chi connectivity index (χ1n) is 25.9. The van der Waals surface area contributed by atoms with Crippen molar-refractivity contribution >= 4 is 5.91 Å². The maximum Gasteiger partial charge on any atom is 0.220 e. The number of amides is 1. The minimum atomic E-state index is -1.97. The van der Waals surface area contributed by atoms with E-state index in [1.54, 1.807) is 6.08 Å². The lowest BCUT2D eigenvalue weighted by Gasteiger charge is -2.48. The lowest BCUT2D eigenvalue weighted by molar-refractivity contribution is -0.379. The van der Waals surface area contributed by atoms with Crippen LogP contribution in [-0.2, 0) is 33.2 Å². The molecule has 3 saturated heterocycles. The average molecular weight is 982 g/mol. The summed E-state index contributed by atoms with van der Waals surface area (Å²) in [7, 11) is 0. The zero-order chi connectivity index (χ0) is 49.8. The van der Waals surface area contributed by atoms with Crippen LogP contribution in [0.5, 0.6) is 0 Å². The molecule has 0 saturated carbocycles. The highest BCUT2D eigenvalue weighted by Crippen LogP contribution is 2.33. The SMILES string of the molecule is CCCCCCCCCCCCCCCCCC/C=C/C(O)C(COC1OC(CO)C(OC2OC(CO)C(OC3OC(CO)C(O)C(O)C3O)C(O)C2O)C(O)C1O)NC(=O)CCCCCCC. The largest absolute Gasteiger partial charge is 0.394 e. The first-order chi connectivity index (χ1) is 32.8. The molecule has 0 radical (unpaired) electrons. The van der Waals surface area contributed by atoms with Crippen molar-refractivity contribution in [3.63, 3.8) is 0 Å². The number of nitrogens with one attached hydrogen (secondary N) is 1. The molecular formula is C49H91NO18. The molecule has 19 nitrogen and oxygen atoms in total. The topological polar surface area (TPSA) is 307 Å². The standard InChI is InChI=1S/C49H91NO18/c1-3-5-7-9-10-11-12-13-14-15-16-17-18-19-20-21-23-24-26-33(54)32(50-37(55)27-25-22-8-6-4-2)31-63-47-43(61)40(58)45(35(29-52)65-47)68-49-44(62)41(59)46(36(30-53)66-49)67-48-42(60)39(57)38(56)34(28-51)64-48/h24,26,32-36,38-49,51-54,56-62H,3-23,25,27-31H2,1-2H3,(H,50,55)/b26-24+. The molecular weight excluding hydrogens is 891 g/mol. The molecule has 68 heavy (non-hydrogen) atoms. The van der Waals surface area contributed by atoms with Crippen LogP contribution in [0.3, 0.4) is 0 Å². The second kappa shape index (κ2) is 34.8. The van der Waals surface area contributed by atoms with Gasteiger partial charge in [-0.25, -0.2) is 0 Å². The van der Waals surface area contributed by atoms with Gasteiger partial charge in [-0.2, -0.15) is 0 Å². The molecule has 400 valence electrons. The molecule has 3 aliphatic heterocycles. The monoisotopic (exact) mass is 982 g/mol.